The first-order chi connectivity index (χ1) is 8.58. The molecule has 1 unspecified atom stereocenters. The van der Waals surface area contributed by atoms with Crippen molar-refractivity contribution >= 4 is 33.2 Å². The standard InChI is InChI=1S/C11H12BrN3O2S/c12-10-4-3-9(18-10)7(13)1-2-8-6(11(14)16)5-15-17-8/h3-5,7H,1-2,13H2,(H2,14,16). The van der Waals surface area contributed by atoms with Crippen molar-refractivity contribution in [2.24, 2.45) is 11.5 Å². The molecule has 7 heteroatoms. The van der Waals surface area contributed by atoms with Gasteiger partial charge in [-0.25, -0.2) is 0 Å². The van der Waals surface area contributed by atoms with E-state index < -0.39 is 5.91 Å². The van der Waals surface area contributed by atoms with Gasteiger partial charge in [-0.1, -0.05) is 5.16 Å². The van der Waals surface area contributed by atoms with Crippen LogP contribution in [-0.4, -0.2) is 11.1 Å². The molecule has 2 rings (SSSR count). The maximum atomic E-state index is 11.1. The van der Waals surface area contributed by atoms with Gasteiger partial charge in [-0.05, 0) is 34.5 Å². The number of nitrogens with two attached hydrogens (primary N) is 2. The Kier molecular flexibility index (Phi) is 4.15. The third-order valence-corrected chi connectivity index (χ3v) is 4.31. The average Bonchev–Trinajstić information content (AvgIpc) is 2.94. The van der Waals surface area contributed by atoms with Gasteiger partial charge in [0, 0.05) is 17.3 Å². The van der Waals surface area contributed by atoms with Gasteiger partial charge in [-0.15, -0.1) is 11.3 Å². The van der Waals surface area contributed by atoms with E-state index in [-0.39, 0.29) is 6.04 Å². The van der Waals surface area contributed by atoms with Gasteiger partial charge in [0.25, 0.3) is 5.91 Å². The minimum absolute atomic E-state index is 0.0906. The Morgan fingerprint density at radius 1 is 1.56 bits per heavy atom. The summed E-state index contributed by atoms with van der Waals surface area (Å²) in [4.78, 5) is 12.2. The summed E-state index contributed by atoms with van der Waals surface area (Å²) in [6, 6.07) is 3.85. The highest BCUT2D eigenvalue weighted by Crippen LogP contribution is 2.28. The fourth-order valence-corrected chi connectivity index (χ4v) is 3.06. The van der Waals surface area contributed by atoms with Crippen molar-refractivity contribution in [2.45, 2.75) is 18.9 Å². The molecule has 2 aromatic rings. The number of primary amides is 1. The number of nitrogens with zero attached hydrogens (tertiary/aromatic N) is 1. The Hall–Kier alpha value is -1.18. The highest BCUT2D eigenvalue weighted by atomic mass is 79.9. The van der Waals surface area contributed by atoms with Crippen molar-refractivity contribution in [3.63, 3.8) is 0 Å². The number of aryl methyl sites for hydroxylation is 1. The third-order valence-electron chi connectivity index (χ3n) is 2.55. The maximum Gasteiger partial charge on any atom is 0.253 e. The zero-order valence-electron chi connectivity index (χ0n) is 9.43. The first-order valence-electron chi connectivity index (χ1n) is 5.32. The van der Waals surface area contributed by atoms with E-state index in [0.29, 0.717) is 24.2 Å². The van der Waals surface area contributed by atoms with Gasteiger partial charge in [-0.3, -0.25) is 4.79 Å². The molecule has 0 bridgehead atoms. The Morgan fingerprint density at radius 3 is 2.94 bits per heavy atom. The van der Waals surface area contributed by atoms with E-state index in [1.54, 1.807) is 11.3 Å². The molecule has 96 valence electrons. The molecule has 1 atom stereocenters. The zero-order valence-corrected chi connectivity index (χ0v) is 11.8. The summed E-state index contributed by atoms with van der Waals surface area (Å²) >= 11 is 4.99. The zero-order chi connectivity index (χ0) is 13.1. The second kappa shape index (κ2) is 5.64. The van der Waals surface area contributed by atoms with Crippen molar-refractivity contribution < 1.29 is 9.32 Å². The lowest BCUT2D eigenvalue weighted by atomic mass is 10.1. The van der Waals surface area contributed by atoms with E-state index in [2.05, 4.69) is 21.1 Å². The Morgan fingerprint density at radius 2 is 2.33 bits per heavy atom. The predicted octanol–water partition coefficient (Wildman–Crippen LogP) is 2.23. The van der Waals surface area contributed by atoms with Crippen molar-refractivity contribution in [2.75, 3.05) is 0 Å². The SMILES string of the molecule is NC(=O)c1cnoc1CCC(N)c1ccc(Br)s1. The summed E-state index contributed by atoms with van der Waals surface area (Å²) in [5, 5.41) is 3.58. The smallest absolute Gasteiger partial charge is 0.253 e. The Bertz CT molecular complexity index is 552. The molecule has 18 heavy (non-hydrogen) atoms. The number of thiophene rings is 1. The van der Waals surface area contributed by atoms with Crippen LogP contribution in [0.3, 0.4) is 0 Å². The molecule has 0 aliphatic rings. The highest BCUT2D eigenvalue weighted by molar-refractivity contribution is 9.11. The average molecular weight is 330 g/mol. The molecule has 0 radical (unpaired) electrons. The van der Waals surface area contributed by atoms with Crippen LogP contribution in [0.25, 0.3) is 0 Å². The number of amides is 1. The summed E-state index contributed by atoms with van der Waals surface area (Å²) in [5.74, 6) is -0.0349. The molecule has 0 spiro atoms. The molecule has 1 amide bonds. The van der Waals surface area contributed by atoms with E-state index in [9.17, 15) is 4.79 Å². The molecule has 0 aromatic carbocycles. The fraction of sp³-hybridized carbons (Fsp3) is 0.273. The lowest BCUT2D eigenvalue weighted by Gasteiger charge is -2.07. The van der Waals surface area contributed by atoms with Crippen LogP contribution < -0.4 is 11.5 Å². The number of hydrogen-bond donors (Lipinski definition) is 2. The highest BCUT2D eigenvalue weighted by Gasteiger charge is 2.15. The molecule has 4 N–H and O–H groups in total. The minimum atomic E-state index is -0.529. The molecule has 0 saturated carbocycles. The van der Waals surface area contributed by atoms with Crippen LogP contribution in [0, 0.1) is 0 Å². The van der Waals surface area contributed by atoms with Gasteiger partial charge in [0.05, 0.1) is 9.98 Å². The molecule has 0 fully saturated rings. The van der Waals surface area contributed by atoms with Gasteiger partial charge in [0.15, 0.2) is 0 Å². The van der Waals surface area contributed by atoms with Gasteiger partial charge < -0.3 is 16.0 Å². The maximum absolute atomic E-state index is 11.1. The molecule has 0 aliphatic carbocycles. The summed E-state index contributed by atoms with van der Waals surface area (Å²) in [7, 11) is 0. The monoisotopic (exact) mass is 329 g/mol. The van der Waals surface area contributed by atoms with E-state index in [1.165, 1.54) is 6.20 Å². The Labute approximate surface area is 116 Å². The largest absolute Gasteiger partial charge is 0.365 e. The van der Waals surface area contributed by atoms with Crippen LogP contribution in [-0.2, 0) is 6.42 Å². The quantitative estimate of drug-likeness (QED) is 0.879. The summed E-state index contributed by atoms with van der Waals surface area (Å²) < 4.78 is 6.05. The van der Waals surface area contributed by atoms with Crippen molar-refractivity contribution in [1.82, 2.24) is 5.16 Å². The first-order valence-corrected chi connectivity index (χ1v) is 6.93. The molecule has 2 aromatic heterocycles. The lowest BCUT2D eigenvalue weighted by molar-refractivity contribution is 0.0998. The number of carbonyl (C=O) groups is 1. The molecule has 0 saturated heterocycles. The number of halogens is 1. The summed E-state index contributed by atoms with van der Waals surface area (Å²) in [5.41, 5.74) is 11.6. The van der Waals surface area contributed by atoms with Crippen molar-refractivity contribution in [3.8, 4) is 0 Å². The van der Waals surface area contributed by atoms with Gasteiger partial charge in [0.2, 0.25) is 0 Å². The van der Waals surface area contributed by atoms with Crippen LogP contribution in [0.5, 0.6) is 0 Å². The predicted molar refractivity (Wildman–Crippen MR) is 72.3 cm³/mol. The third kappa shape index (κ3) is 2.98. The molecule has 0 aliphatic heterocycles. The lowest BCUT2D eigenvalue weighted by Crippen LogP contribution is -2.14. The Balaban J connectivity index is 1.99. The molecule has 5 nitrogen and oxygen atoms in total. The van der Waals surface area contributed by atoms with Gasteiger partial charge >= 0.3 is 0 Å². The minimum Gasteiger partial charge on any atom is -0.365 e. The normalized spacial score (nSPS) is 12.6. The van der Waals surface area contributed by atoms with E-state index >= 15 is 0 Å². The van der Waals surface area contributed by atoms with E-state index in [4.69, 9.17) is 16.0 Å². The molecular formula is C11H12BrN3O2S. The van der Waals surface area contributed by atoms with Crippen LogP contribution in [0.4, 0.5) is 0 Å². The second-order valence-electron chi connectivity index (χ2n) is 3.81. The number of aromatic nitrogens is 1. The second-order valence-corrected chi connectivity index (χ2v) is 6.31. The number of rotatable bonds is 5. The van der Waals surface area contributed by atoms with Gasteiger partial charge in [-0.2, -0.15) is 0 Å². The van der Waals surface area contributed by atoms with Crippen LogP contribution in [0.15, 0.2) is 26.6 Å². The molecular weight excluding hydrogens is 318 g/mol. The van der Waals surface area contributed by atoms with E-state index in [1.807, 2.05) is 12.1 Å². The summed E-state index contributed by atoms with van der Waals surface area (Å²) in [6.45, 7) is 0. The fourth-order valence-electron chi connectivity index (χ4n) is 1.60. The topological polar surface area (TPSA) is 95.1 Å². The van der Waals surface area contributed by atoms with Crippen LogP contribution >= 0.6 is 27.3 Å². The van der Waals surface area contributed by atoms with E-state index in [0.717, 1.165) is 8.66 Å². The first kappa shape index (κ1) is 13.3. The van der Waals surface area contributed by atoms with Gasteiger partial charge in [0.1, 0.15) is 11.3 Å². The summed E-state index contributed by atoms with van der Waals surface area (Å²) in [6.07, 6.45) is 2.54. The van der Waals surface area contributed by atoms with Crippen molar-refractivity contribution in [3.05, 3.63) is 38.3 Å². The van der Waals surface area contributed by atoms with Crippen LogP contribution in [0.2, 0.25) is 0 Å². The molecule has 2 heterocycles. The van der Waals surface area contributed by atoms with Crippen LogP contribution in [0.1, 0.15) is 33.5 Å². The van der Waals surface area contributed by atoms with Crippen molar-refractivity contribution in [1.29, 1.82) is 0 Å². The number of hydrogen-bond acceptors (Lipinski definition) is 5. The number of carbonyl (C=O) groups excluding carboxylic acids is 1.